The van der Waals surface area contributed by atoms with Gasteiger partial charge in [-0.05, 0) is 88.0 Å². The van der Waals surface area contributed by atoms with Crippen molar-refractivity contribution < 1.29 is 0 Å². The van der Waals surface area contributed by atoms with E-state index in [-0.39, 0.29) is 0 Å². The first-order chi connectivity index (χ1) is 9.23. The summed E-state index contributed by atoms with van der Waals surface area (Å²) in [5.74, 6) is 3.25. The molecule has 108 valence electrons. The van der Waals surface area contributed by atoms with Crippen LogP contribution in [0.15, 0.2) is 0 Å². The fraction of sp³-hybridized carbons (Fsp3) is 1.00. The molecule has 1 aliphatic heterocycles. The maximum atomic E-state index is 3.92. The van der Waals surface area contributed by atoms with Gasteiger partial charge in [0.15, 0.2) is 0 Å². The predicted molar refractivity (Wildman–Crippen MR) is 79.1 cm³/mol. The second-order valence-corrected chi connectivity index (χ2v) is 8.20. The highest BCUT2D eigenvalue weighted by Gasteiger charge is 2.52. The Hall–Kier alpha value is -0.0800. The van der Waals surface area contributed by atoms with Crippen LogP contribution < -0.4 is 10.6 Å². The highest BCUT2D eigenvalue weighted by Crippen LogP contribution is 2.61. The van der Waals surface area contributed by atoms with Gasteiger partial charge in [0.05, 0.1) is 0 Å². The minimum Gasteiger partial charge on any atom is -0.313 e. The second kappa shape index (κ2) is 4.73. The maximum absolute atomic E-state index is 3.92. The zero-order valence-corrected chi connectivity index (χ0v) is 12.5. The third kappa shape index (κ3) is 2.25. The van der Waals surface area contributed by atoms with Crippen molar-refractivity contribution in [1.82, 2.24) is 10.6 Å². The molecule has 1 saturated heterocycles. The highest BCUT2D eigenvalue weighted by atomic mass is 15.0. The normalized spacial score (nSPS) is 49.7. The first kappa shape index (κ1) is 12.6. The van der Waals surface area contributed by atoms with E-state index in [9.17, 15) is 0 Å². The second-order valence-electron chi connectivity index (χ2n) is 8.20. The molecule has 2 heteroatoms. The van der Waals surface area contributed by atoms with Gasteiger partial charge in [0, 0.05) is 18.6 Å². The SMILES string of the molecule is CC(NCC1CCCN1)C12CC3CC(CC(C3)C1)C2. The molecule has 0 aromatic rings. The molecule has 4 bridgehead atoms. The maximum Gasteiger partial charge on any atom is 0.0193 e. The van der Waals surface area contributed by atoms with Gasteiger partial charge in [-0.15, -0.1) is 0 Å². The van der Waals surface area contributed by atoms with E-state index in [0.717, 1.165) is 29.8 Å². The minimum absolute atomic E-state index is 0.674. The first-order valence-electron chi connectivity index (χ1n) is 8.70. The average Bonchev–Trinajstić information content (AvgIpc) is 2.87. The van der Waals surface area contributed by atoms with Gasteiger partial charge in [0.2, 0.25) is 0 Å². The van der Waals surface area contributed by atoms with Crippen LogP contribution in [0.4, 0.5) is 0 Å². The Kier molecular flexibility index (Phi) is 3.15. The smallest absolute Gasteiger partial charge is 0.0193 e. The van der Waals surface area contributed by atoms with Crippen molar-refractivity contribution in [2.75, 3.05) is 13.1 Å². The molecule has 0 aromatic carbocycles. The van der Waals surface area contributed by atoms with E-state index >= 15 is 0 Å². The standard InChI is InChI=1S/C17H30N2/c1-12(19-11-16-3-2-4-18-16)17-8-13-5-14(9-17)7-15(6-13)10-17/h12-16,18-19H,2-11H2,1H3. The monoisotopic (exact) mass is 262 g/mol. The Morgan fingerprint density at radius 1 is 1.11 bits per heavy atom. The molecule has 2 N–H and O–H groups in total. The largest absolute Gasteiger partial charge is 0.313 e. The van der Waals surface area contributed by atoms with E-state index in [1.807, 2.05) is 0 Å². The van der Waals surface area contributed by atoms with Gasteiger partial charge in [0.1, 0.15) is 0 Å². The van der Waals surface area contributed by atoms with Crippen LogP contribution >= 0.6 is 0 Å². The molecule has 19 heavy (non-hydrogen) atoms. The van der Waals surface area contributed by atoms with Crippen LogP contribution in [0.1, 0.15) is 58.3 Å². The van der Waals surface area contributed by atoms with Crippen molar-refractivity contribution in [3.8, 4) is 0 Å². The Balaban J connectivity index is 1.40. The number of hydrogen-bond donors (Lipinski definition) is 2. The Morgan fingerprint density at radius 2 is 1.74 bits per heavy atom. The van der Waals surface area contributed by atoms with Gasteiger partial charge in [0.25, 0.3) is 0 Å². The summed E-state index contributed by atoms with van der Waals surface area (Å²) in [5.41, 5.74) is 0.674. The molecule has 2 unspecified atom stereocenters. The quantitative estimate of drug-likeness (QED) is 0.814. The summed E-state index contributed by atoms with van der Waals surface area (Å²) in [5, 5.41) is 7.54. The fourth-order valence-corrected chi connectivity index (χ4v) is 6.17. The summed E-state index contributed by atoms with van der Waals surface area (Å²) in [6.45, 7) is 4.92. The van der Waals surface area contributed by atoms with Gasteiger partial charge in [-0.1, -0.05) is 0 Å². The molecule has 0 amide bonds. The first-order valence-corrected chi connectivity index (χ1v) is 8.70. The molecular formula is C17H30N2. The van der Waals surface area contributed by atoms with Crippen LogP contribution in [0.25, 0.3) is 0 Å². The van der Waals surface area contributed by atoms with Crippen molar-refractivity contribution in [3.63, 3.8) is 0 Å². The van der Waals surface area contributed by atoms with E-state index in [0.29, 0.717) is 5.41 Å². The van der Waals surface area contributed by atoms with E-state index in [4.69, 9.17) is 0 Å². The third-order valence-electron chi connectivity index (χ3n) is 6.84. The molecule has 2 atom stereocenters. The van der Waals surface area contributed by atoms with Crippen LogP contribution in [0.3, 0.4) is 0 Å². The van der Waals surface area contributed by atoms with Crippen molar-refractivity contribution in [3.05, 3.63) is 0 Å². The van der Waals surface area contributed by atoms with E-state index < -0.39 is 0 Å². The summed E-state index contributed by atoms with van der Waals surface area (Å²) in [6.07, 6.45) is 12.0. The molecule has 5 fully saturated rings. The van der Waals surface area contributed by atoms with Crippen LogP contribution in [0.2, 0.25) is 0 Å². The lowest BCUT2D eigenvalue weighted by atomic mass is 9.48. The summed E-state index contributed by atoms with van der Waals surface area (Å²) >= 11 is 0. The van der Waals surface area contributed by atoms with E-state index in [1.165, 1.54) is 45.2 Å². The molecule has 5 aliphatic rings. The number of rotatable bonds is 4. The molecule has 4 saturated carbocycles. The van der Waals surface area contributed by atoms with Gasteiger partial charge >= 0.3 is 0 Å². The van der Waals surface area contributed by atoms with E-state index in [1.54, 1.807) is 19.3 Å². The summed E-state index contributed by atoms with van der Waals surface area (Å²) in [4.78, 5) is 0. The Labute approximate surface area is 118 Å². The molecular weight excluding hydrogens is 232 g/mol. The van der Waals surface area contributed by atoms with Gasteiger partial charge < -0.3 is 10.6 Å². The van der Waals surface area contributed by atoms with Crippen LogP contribution in [0, 0.1) is 23.2 Å². The molecule has 4 aliphatic carbocycles. The summed E-state index contributed by atoms with van der Waals surface area (Å²) in [7, 11) is 0. The van der Waals surface area contributed by atoms with Gasteiger partial charge in [-0.2, -0.15) is 0 Å². The topological polar surface area (TPSA) is 24.1 Å². The summed E-state index contributed by atoms with van der Waals surface area (Å²) < 4.78 is 0. The van der Waals surface area contributed by atoms with Gasteiger partial charge in [-0.25, -0.2) is 0 Å². The lowest BCUT2D eigenvalue weighted by Gasteiger charge is -2.59. The van der Waals surface area contributed by atoms with Crippen LogP contribution in [0.5, 0.6) is 0 Å². The molecule has 0 radical (unpaired) electrons. The van der Waals surface area contributed by atoms with Crippen molar-refractivity contribution in [1.29, 1.82) is 0 Å². The lowest BCUT2D eigenvalue weighted by Crippen LogP contribution is -2.56. The molecule has 2 nitrogen and oxygen atoms in total. The molecule has 0 aromatic heterocycles. The average molecular weight is 262 g/mol. The van der Waals surface area contributed by atoms with Crippen molar-refractivity contribution in [2.45, 2.75) is 70.4 Å². The third-order valence-corrected chi connectivity index (χ3v) is 6.84. The van der Waals surface area contributed by atoms with Crippen LogP contribution in [-0.4, -0.2) is 25.2 Å². The number of nitrogens with one attached hydrogen (secondary N) is 2. The lowest BCUT2D eigenvalue weighted by molar-refractivity contribution is -0.0705. The Bertz CT molecular complexity index is 297. The zero-order valence-electron chi connectivity index (χ0n) is 12.5. The molecule has 0 spiro atoms. The predicted octanol–water partition coefficient (Wildman–Crippen LogP) is 2.93. The van der Waals surface area contributed by atoms with E-state index in [2.05, 4.69) is 17.6 Å². The van der Waals surface area contributed by atoms with Crippen LogP contribution in [-0.2, 0) is 0 Å². The van der Waals surface area contributed by atoms with Crippen molar-refractivity contribution >= 4 is 0 Å². The fourth-order valence-electron chi connectivity index (χ4n) is 6.17. The van der Waals surface area contributed by atoms with Crippen molar-refractivity contribution in [2.24, 2.45) is 23.2 Å². The van der Waals surface area contributed by atoms with Gasteiger partial charge in [-0.3, -0.25) is 0 Å². The molecule has 5 rings (SSSR count). The zero-order chi connectivity index (χ0) is 12.9. The highest BCUT2D eigenvalue weighted by molar-refractivity contribution is 5.05. The number of hydrogen-bond acceptors (Lipinski definition) is 2. The summed E-state index contributed by atoms with van der Waals surface area (Å²) in [6, 6.07) is 1.49. The minimum atomic E-state index is 0.674. The Morgan fingerprint density at radius 3 is 2.26 bits per heavy atom. The molecule has 1 heterocycles.